The summed E-state index contributed by atoms with van der Waals surface area (Å²) in [5, 5.41) is 5.12. The predicted octanol–water partition coefficient (Wildman–Crippen LogP) is 3.57. The summed E-state index contributed by atoms with van der Waals surface area (Å²) in [6, 6.07) is 6.54. The van der Waals surface area contributed by atoms with Crippen molar-refractivity contribution < 1.29 is 8.91 Å². The number of aryl methyl sites for hydroxylation is 1. The van der Waals surface area contributed by atoms with Crippen LogP contribution in [0.5, 0.6) is 0 Å². The summed E-state index contributed by atoms with van der Waals surface area (Å²) in [6.07, 6.45) is 7.72. The fourth-order valence-electron chi connectivity index (χ4n) is 4.36. The second-order valence-corrected chi connectivity index (χ2v) is 7.93. The van der Waals surface area contributed by atoms with Gasteiger partial charge in [0.1, 0.15) is 11.3 Å². The molecule has 0 saturated carbocycles. The molecule has 150 valence electrons. The molecule has 1 saturated heterocycles. The van der Waals surface area contributed by atoms with Crippen molar-refractivity contribution in [2.75, 3.05) is 19.6 Å². The first kappa shape index (κ1) is 18.1. The van der Waals surface area contributed by atoms with E-state index >= 15 is 0 Å². The van der Waals surface area contributed by atoms with E-state index in [0.717, 1.165) is 54.6 Å². The van der Waals surface area contributed by atoms with Gasteiger partial charge in [0.2, 0.25) is 0 Å². The number of fused-ring (bicyclic) bond motifs is 2. The van der Waals surface area contributed by atoms with Crippen LogP contribution >= 0.6 is 0 Å². The first-order valence-electron chi connectivity index (χ1n) is 10.0. The molecule has 0 aliphatic carbocycles. The molecule has 0 spiro atoms. The van der Waals surface area contributed by atoms with Crippen LogP contribution in [0.25, 0.3) is 16.5 Å². The Hall–Kier alpha value is -2.93. The summed E-state index contributed by atoms with van der Waals surface area (Å²) in [6.45, 7) is 5.40. The van der Waals surface area contributed by atoms with Gasteiger partial charge in [0, 0.05) is 49.1 Å². The third-order valence-corrected chi connectivity index (χ3v) is 5.97. The fraction of sp³-hybridized carbons (Fsp3) is 0.364. The zero-order chi connectivity index (χ0) is 20.0. The Labute approximate surface area is 167 Å². The highest BCUT2D eigenvalue weighted by Crippen LogP contribution is 2.32. The molecule has 1 aliphatic heterocycles. The normalized spacial score (nSPS) is 16.2. The average Bonchev–Trinajstić information content (AvgIpc) is 3.31. The van der Waals surface area contributed by atoms with Crippen LogP contribution in [0.4, 0.5) is 4.39 Å². The maximum atomic E-state index is 13.4. The van der Waals surface area contributed by atoms with Gasteiger partial charge < -0.3 is 18.4 Å². The third-order valence-electron chi connectivity index (χ3n) is 5.97. The van der Waals surface area contributed by atoms with E-state index in [-0.39, 0.29) is 11.4 Å². The van der Waals surface area contributed by atoms with E-state index in [1.54, 1.807) is 10.6 Å². The van der Waals surface area contributed by atoms with Gasteiger partial charge in [-0.3, -0.25) is 4.79 Å². The molecule has 1 aliphatic rings. The molecule has 0 unspecified atom stereocenters. The van der Waals surface area contributed by atoms with Gasteiger partial charge in [-0.1, -0.05) is 5.16 Å². The van der Waals surface area contributed by atoms with Crippen molar-refractivity contribution >= 4 is 16.5 Å². The molecular weight excluding hydrogens is 371 g/mol. The van der Waals surface area contributed by atoms with Crippen molar-refractivity contribution in [3.8, 4) is 0 Å². The van der Waals surface area contributed by atoms with E-state index < -0.39 is 0 Å². The molecule has 0 radical (unpaired) electrons. The van der Waals surface area contributed by atoms with E-state index in [9.17, 15) is 9.18 Å². The molecule has 7 heteroatoms. The lowest BCUT2D eigenvalue weighted by Gasteiger charge is -2.31. The number of hydrogen-bond donors (Lipinski definition) is 0. The quantitative estimate of drug-likeness (QED) is 0.531. The first-order valence-corrected chi connectivity index (χ1v) is 10.0. The van der Waals surface area contributed by atoms with E-state index in [2.05, 4.69) is 10.1 Å². The van der Waals surface area contributed by atoms with Gasteiger partial charge in [-0.15, -0.1) is 0 Å². The highest BCUT2D eigenvalue weighted by Gasteiger charge is 2.25. The number of benzene rings is 1. The minimum atomic E-state index is -0.307. The minimum Gasteiger partial charge on any atom is -0.356 e. The molecular formula is C22H23FN4O2. The average molecular weight is 394 g/mol. The van der Waals surface area contributed by atoms with E-state index in [1.807, 2.05) is 36.0 Å². The molecule has 4 heterocycles. The summed E-state index contributed by atoms with van der Waals surface area (Å²) >= 11 is 0. The zero-order valence-corrected chi connectivity index (χ0v) is 16.3. The molecule has 1 aromatic carbocycles. The highest BCUT2D eigenvalue weighted by atomic mass is 19.1. The van der Waals surface area contributed by atoms with E-state index in [4.69, 9.17) is 4.52 Å². The number of nitrogens with zero attached hydrogens (tertiary/aromatic N) is 4. The summed E-state index contributed by atoms with van der Waals surface area (Å²) in [5.41, 5.74) is 3.31. The number of piperidine rings is 1. The fourth-order valence-corrected chi connectivity index (χ4v) is 4.36. The molecule has 0 amide bonds. The Morgan fingerprint density at radius 2 is 2.00 bits per heavy atom. The number of likely N-dealkylation sites (tertiary alicyclic amines) is 1. The summed E-state index contributed by atoms with van der Waals surface area (Å²) in [5.74, 6) is 0.0134. The van der Waals surface area contributed by atoms with Crippen molar-refractivity contribution in [2.24, 2.45) is 0 Å². The molecule has 6 nitrogen and oxygen atoms in total. The van der Waals surface area contributed by atoms with E-state index in [1.165, 1.54) is 12.1 Å². The van der Waals surface area contributed by atoms with Crippen molar-refractivity contribution in [3.63, 3.8) is 0 Å². The Kier molecular flexibility index (Phi) is 4.47. The SMILES string of the molecule is Cc1cc2c(=O)n(CCN3CCC(c4noc5cc(F)ccc45)CC3)ccn2c1. The lowest BCUT2D eigenvalue weighted by Crippen LogP contribution is -2.36. The Morgan fingerprint density at radius 3 is 2.83 bits per heavy atom. The second-order valence-electron chi connectivity index (χ2n) is 7.93. The van der Waals surface area contributed by atoms with Crippen molar-refractivity contribution in [2.45, 2.75) is 32.2 Å². The number of aromatic nitrogens is 3. The molecule has 0 bridgehead atoms. The standard InChI is InChI=1S/C22H23FN4O2/c1-15-12-19-22(28)26(10-11-27(19)14-15)9-8-25-6-4-16(5-7-25)21-18-3-2-17(23)13-20(18)29-24-21/h2-3,10-14,16H,4-9H2,1H3. The maximum absolute atomic E-state index is 13.4. The van der Waals surface area contributed by atoms with Crippen LogP contribution in [-0.4, -0.2) is 38.7 Å². The molecule has 5 rings (SSSR count). The third kappa shape index (κ3) is 3.35. The zero-order valence-electron chi connectivity index (χ0n) is 16.3. The first-order chi connectivity index (χ1) is 14.1. The molecule has 29 heavy (non-hydrogen) atoms. The van der Waals surface area contributed by atoms with Gasteiger partial charge >= 0.3 is 0 Å². The molecule has 4 aromatic rings. The lowest BCUT2D eigenvalue weighted by molar-refractivity contribution is 0.202. The van der Waals surface area contributed by atoms with Crippen LogP contribution in [0.3, 0.4) is 0 Å². The largest absolute Gasteiger partial charge is 0.356 e. The van der Waals surface area contributed by atoms with Crippen LogP contribution in [0, 0.1) is 12.7 Å². The van der Waals surface area contributed by atoms with E-state index in [0.29, 0.717) is 18.0 Å². The smallest absolute Gasteiger partial charge is 0.274 e. The highest BCUT2D eigenvalue weighted by molar-refractivity contribution is 5.79. The Balaban J connectivity index is 1.23. The van der Waals surface area contributed by atoms with Gasteiger partial charge in [0.15, 0.2) is 5.58 Å². The molecule has 1 fully saturated rings. The van der Waals surface area contributed by atoms with Crippen LogP contribution in [0.2, 0.25) is 0 Å². The molecule has 0 N–H and O–H groups in total. The number of halogens is 1. The number of rotatable bonds is 4. The topological polar surface area (TPSA) is 55.7 Å². The summed E-state index contributed by atoms with van der Waals surface area (Å²) in [7, 11) is 0. The lowest BCUT2D eigenvalue weighted by atomic mass is 9.91. The van der Waals surface area contributed by atoms with Crippen LogP contribution in [0.15, 0.2) is 52.2 Å². The van der Waals surface area contributed by atoms with Gasteiger partial charge in [0.25, 0.3) is 5.56 Å². The predicted molar refractivity (Wildman–Crippen MR) is 109 cm³/mol. The van der Waals surface area contributed by atoms with Crippen molar-refractivity contribution in [1.82, 2.24) is 19.0 Å². The van der Waals surface area contributed by atoms with Crippen molar-refractivity contribution in [3.05, 3.63) is 70.3 Å². The molecule has 0 atom stereocenters. The minimum absolute atomic E-state index is 0.0526. The summed E-state index contributed by atoms with van der Waals surface area (Å²) in [4.78, 5) is 15.0. The van der Waals surface area contributed by atoms with Gasteiger partial charge in [-0.05, 0) is 56.6 Å². The van der Waals surface area contributed by atoms with Crippen LogP contribution < -0.4 is 5.56 Å². The van der Waals surface area contributed by atoms with Crippen LogP contribution in [0.1, 0.15) is 30.0 Å². The summed E-state index contributed by atoms with van der Waals surface area (Å²) < 4.78 is 22.4. The number of hydrogen-bond acceptors (Lipinski definition) is 4. The Bertz CT molecular complexity index is 1230. The van der Waals surface area contributed by atoms with Gasteiger partial charge in [0.05, 0.1) is 5.69 Å². The maximum Gasteiger partial charge on any atom is 0.274 e. The van der Waals surface area contributed by atoms with Crippen LogP contribution in [-0.2, 0) is 6.54 Å². The van der Waals surface area contributed by atoms with Crippen molar-refractivity contribution in [1.29, 1.82) is 0 Å². The monoisotopic (exact) mass is 394 g/mol. The second kappa shape index (κ2) is 7.15. The molecule has 3 aromatic heterocycles. The Morgan fingerprint density at radius 1 is 1.17 bits per heavy atom. The van der Waals surface area contributed by atoms with Gasteiger partial charge in [-0.25, -0.2) is 4.39 Å². The van der Waals surface area contributed by atoms with Gasteiger partial charge in [-0.2, -0.15) is 0 Å².